The number of methoxy groups -OCH3 is 1. The number of halogens is 1. The van der Waals surface area contributed by atoms with Gasteiger partial charge < -0.3 is 19.9 Å². The van der Waals surface area contributed by atoms with Gasteiger partial charge in [-0.05, 0) is 35.7 Å². The van der Waals surface area contributed by atoms with Crippen LogP contribution in [0.3, 0.4) is 0 Å². The largest absolute Gasteiger partial charge is 0.493 e. The summed E-state index contributed by atoms with van der Waals surface area (Å²) in [6, 6.07) is 9.56. The fourth-order valence-corrected chi connectivity index (χ4v) is 2.54. The number of hydrogen-bond donors (Lipinski definition) is 1. The molecular formula is C20H22ClNO5. The van der Waals surface area contributed by atoms with Crippen LogP contribution in [0.15, 0.2) is 36.4 Å². The normalized spacial score (nSPS) is 10.6. The van der Waals surface area contributed by atoms with E-state index >= 15 is 0 Å². The van der Waals surface area contributed by atoms with Crippen molar-refractivity contribution in [1.29, 1.82) is 0 Å². The highest BCUT2D eigenvalue weighted by molar-refractivity contribution is 6.32. The zero-order valence-electron chi connectivity index (χ0n) is 15.5. The number of benzene rings is 2. The second kappa shape index (κ2) is 9.28. The third-order valence-electron chi connectivity index (χ3n) is 3.61. The van der Waals surface area contributed by atoms with E-state index < -0.39 is 11.9 Å². The van der Waals surface area contributed by atoms with Crippen LogP contribution in [-0.2, 0) is 11.3 Å². The maximum Gasteiger partial charge on any atom is 0.338 e. The Labute approximate surface area is 163 Å². The van der Waals surface area contributed by atoms with E-state index in [0.29, 0.717) is 35.2 Å². The van der Waals surface area contributed by atoms with Crippen molar-refractivity contribution in [2.24, 2.45) is 11.7 Å². The molecule has 1 amide bonds. The number of amides is 1. The van der Waals surface area contributed by atoms with Gasteiger partial charge in [-0.25, -0.2) is 4.79 Å². The molecule has 0 saturated heterocycles. The van der Waals surface area contributed by atoms with Gasteiger partial charge in [-0.15, -0.1) is 0 Å². The SMILES string of the molecule is COc1cc(C(=O)OCc2cccc(C(N)=O)c2)cc(Cl)c1OCC(C)C. The maximum atomic E-state index is 12.4. The first kappa shape index (κ1) is 20.6. The molecule has 6 nitrogen and oxygen atoms in total. The van der Waals surface area contributed by atoms with E-state index in [9.17, 15) is 9.59 Å². The summed E-state index contributed by atoms with van der Waals surface area (Å²) in [5.41, 5.74) is 6.48. The third-order valence-corrected chi connectivity index (χ3v) is 3.89. The lowest BCUT2D eigenvalue weighted by Gasteiger charge is -2.15. The molecule has 144 valence electrons. The van der Waals surface area contributed by atoms with Crippen LogP contribution in [-0.4, -0.2) is 25.6 Å². The minimum Gasteiger partial charge on any atom is -0.493 e. The first-order chi connectivity index (χ1) is 12.8. The number of hydrogen-bond acceptors (Lipinski definition) is 5. The highest BCUT2D eigenvalue weighted by atomic mass is 35.5. The number of nitrogens with two attached hydrogens (primary N) is 1. The van der Waals surface area contributed by atoms with Crippen LogP contribution in [0.4, 0.5) is 0 Å². The van der Waals surface area contributed by atoms with Crippen molar-refractivity contribution in [2.75, 3.05) is 13.7 Å². The summed E-state index contributed by atoms with van der Waals surface area (Å²) in [5, 5.41) is 0.262. The van der Waals surface area contributed by atoms with Crippen LogP contribution in [0, 0.1) is 5.92 Å². The van der Waals surface area contributed by atoms with E-state index in [0.717, 1.165) is 0 Å². The number of carbonyl (C=O) groups is 2. The summed E-state index contributed by atoms with van der Waals surface area (Å²) in [4.78, 5) is 23.6. The van der Waals surface area contributed by atoms with Crippen LogP contribution in [0.2, 0.25) is 5.02 Å². The van der Waals surface area contributed by atoms with E-state index in [-0.39, 0.29) is 17.2 Å². The molecule has 0 radical (unpaired) electrons. The van der Waals surface area contributed by atoms with E-state index in [1.807, 2.05) is 13.8 Å². The molecule has 27 heavy (non-hydrogen) atoms. The number of ether oxygens (including phenoxy) is 3. The molecule has 7 heteroatoms. The summed E-state index contributed by atoms with van der Waals surface area (Å²) in [6.07, 6.45) is 0. The van der Waals surface area contributed by atoms with Crippen molar-refractivity contribution in [2.45, 2.75) is 20.5 Å². The van der Waals surface area contributed by atoms with Crippen molar-refractivity contribution in [3.8, 4) is 11.5 Å². The summed E-state index contributed by atoms with van der Waals surface area (Å²) in [5.74, 6) is -0.0669. The van der Waals surface area contributed by atoms with E-state index in [1.54, 1.807) is 24.3 Å². The Hall–Kier alpha value is -2.73. The Balaban J connectivity index is 2.13. The molecular weight excluding hydrogens is 370 g/mol. The van der Waals surface area contributed by atoms with Crippen molar-refractivity contribution in [3.63, 3.8) is 0 Å². The molecule has 0 bridgehead atoms. The summed E-state index contributed by atoms with van der Waals surface area (Å²) < 4.78 is 16.2. The van der Waals surface area contributed by atoms with E-state index in [4.69, 9.17) is 31.5 Å². The molecule has 0 spiro atoms. The number of esters is 1. The van der Waals surface area contributed by atoms with Gasteiger partial charge in [0.05, 0.1) is 24.3 Å². The molecule has 0 unspecified atom stereocenters. The highest BCUT2D eigenvalue weighted by Crippen LogP contribution is 2.37. The van der Waals surface area contributed by atoms with Crippen molar-refractivity contribution >= 4 is 23.5 Å². The van der Waals surface area contributed by atoms with E-state index in [1.165, 1.54) is 19.2 Å². The molecule has 0 aromatic heterocycles. The van der Waals surface area contributed by atoms with Crippen LogP contribution < -0.4 is 15.2 Å². The van der Waals surface area contributed by atoms with Crippen molar-refractivity contribution in [1.82, 2.24) is 0 Å². The number of rotatable bonds is 8. The lowest BCUT2D eigenvalue weighted by molar-refractivity contribution is 0.0472. The third kappa shape index (κ3) is 5.62. The first-order valence-corrected chi connectivity index (χ1v) is 8.75. The molecule has 0 heterocycles. The average molecular weight is 392 g/mol. The predicted molar refractivity (Wildman–Crippen MR) is 102 cm³/mol. The highest BCUT2D eigenvalue weighted by Gasteiger charge is 2.17. The van der Waals surface area contributed by atoms with Gasteiger partial charge in [-0.3, -0.25) is 4.79 Å². The quantitative estimate of drug-likeness (QED) is 0.691. The Morgan fingerprint density at radius 2 is 1.89 bits per heavy atom. The molecule has 0 saturated carbocycles. The standard InChI is InChI=1S/C20H22ClNO5/c1-12(2)10-26-18-16(21)8-15(9-17(18)25-3)20(24)27-11-13-5-4-6-14(7-13)19(22)23/h4-9,12H,10-11H2,1-3H3,(H2,22,23). The molecule has 2 aromatic carbocycles. The molecule has 0 fully saturated rings. The monoisotopic (exact) mass is 391 g/mol. The second-order valence-electron chi connectivity index (χ2n) is 6.34. The second-order valence-corrected chi connectivity index (χ2v) is 6.74. The van der Waals surface area contributed by atoms with Gasteiger partial charge >= 0.3 is 5.97 Å². The lowest BCUT2D eigenvalue weighted by atomic mass is 10.1. The zero-order chi connectivity index (χ0) is 20.0. The molecule has 2 rings (SSSR count). The topological polar surface area (TPSA) is 87.9 Å². The minimum absolute atomic E-state index is 0.00844. The molecule has 0 aliphatic carbocycles. The van der Waals surface area contributed by atoms with Gasteiger partial charge in [0.15, 0.2) is 11.5 Å². The van der Waals surface area contributed by atoms with Crippen LogP contribution in [0.5, 0.6) is 11.5 Å². The Morgan fingerprint density at radius 3 is 2.52 bits per heavy atom. The molecule has 2 N–H and O–H groups in total. The smallest absolute Gasteiger partial charge is 0.338 e. The van der Waals surface area contributed by atoms with E-state index in [2.05, 4.69) is 0 Å². The fraction of sp³-hybridized carbons (Fsp3) is 0.300. The molecule has 2 aromatic rings. The van der Waals surface area contributed by atoms with Crippen LogP contribution >= 0.6 is 11.6 Å². The van der Waals surface area contributed by atoms with Crippen molar-refractivity contribution < 1.29 is 23.8 Å². The zero-order valence-corrected chi connectivity index (χ0v) is 16.2. The van der Waals surface area contributed by atoms with Gasteiger partial charge in [-0.2, -0.15) is 0 Å². The molecule has 0 aliphatic heterocycles. The maximum absolute atomic E-state index is 12.4. The minimum atomic E-state index is -0.574. The lowest BCUT2D eigenvalue weighted by Crippen LogP contribution is -2.12. The van der Waals surface area contributed by atoms with Gasteiger partial charge in [0.25, 0.3) is 0 Å². The Bertz CT molecular complexity index is 835. The molecule has 0 atom stereocenters. The Morgan fingerprint density at radius 1 is 1.15 bits per heavy atom. The average Bonchev–Trinajstić information content (AvgIpc) is 2.64. The molecule has 0 aliphatic rings. The Kier molecular flexibility index (Phi) is 7.07. The van der Waals surface area contributed by atoms with Gasteiger partial charge in [0.1, 0.15) is 6.61 Å². The predicted octanol–water partition coefficient (Wildman–Crippen LogP) is 3.84. The van der Waals surface area contributed by atoms with Gasteiger partial charge in [0, 0.05) is 5.56 Å². The summed E-state index contributed by atoms with van der Waals surface area (Å²) >= 11 is 6.25. The summed E-state index contributed by atoms with van der Waals surface area (Å²) in [6.45, 7) is 4.49. The summed E-state index contributed by atoms with van der Waals surface area (Å²) in [7, 11) is 1.47. The van der Waals surface area contributed by atoms with Gasteiger partial charge in [-0.1, -0.05) is 37.6 Å². The van der Waals surface area contributed by atoms with Gasteiger partial charge in [0.2, 0.25) is 5.91 Å². The van der Waals surface area contributed by atoms with Crippen LogP contribution in [0.25, 0.3) is 0 Å². The van der Waals surface area contributed by atoms with Crippen molar-refractivity contribution in [3.05, 3.63) is 58.1 Å². The number of carbonyl (C=O) groups excluding carboxylic acids is 2. The fourth-order valence-electron chi connectivity index (χ4n) is 2.27. The first-order valence-electron chi connectivity index (χ1n) is 8.38. The van der Waals surface area contributed by atoms with Crippen LogP contribution in [0.1, 0.15) is 40.1 Å². The number of primary amides is 1.